The molecule has 0 unspecified atom stereocenters. The Balaban J connectivity index is 1.94. The first-order chi connectivity index (χ1) is 6.45. The van der Waals surface area contributed by atoms with E-state index in [9.17, 15) is 0 Å². The monoisotopic (exact) mass is 190 g/mol. The van der Waals surface area contributed by atoms with Crippen LogP contribution in [0.25, 0.3) is 0 Å². The van der Waals surface area contributed by atoms with Crippen LogP contribution in [0.1, 0.15) is 5.56 Å². The first-order valence-electron chi connectivity index (χ1n) is 4.14. The van der Waals surface area contributed by atoms with Gasteiger partial charge in [-0.1, -0.05) is 30.3 Å². The molecule has 1 aromatic carbocycles. The largest absolute Gasteiger partial charge is 0.471 e. The molecule has 0 fully saturated rings. The van der Waals surface area contributed by atoms with Crippen LogP contribution < -0.4 is 0 Å². The maximum absolute atomic E-state index is 4.98. The molecule has 0 saturated carbocycles. The minimum absolute atomic E-state index is 1.00. The lowest BCUT2D eigenvalue weighted by Crippen LogP contribution is -1.76. The highest BCUT2D eigenvalue weighted by molar-refractivity contribution is 7.98. The highest BCUT2D eigenvalue weighted by Crippen LogP contribution is 2.22. The molecule has 0 atom stereocenters. The summed E-state index contributed by atoms with van der Waals surface area (Å²) in [5.74, 6) is 1.00. The number of furan rings is 1. The molecule has 13 heavy (non-hydrogen) atoms. The van der Waals surface area contributed by atoms with Gasteiger partial charge < -0.3 is 4.42 Å². The van der Waals surface area contributed by atoms with Crippen LogP contribution in [0.15, 0.2) is 58.2 Å². The van der Waals surface area contributed by atoms with E-state index < -0.39 is 0 Å². The minimum Gasteiger partial charge on any atom is -0.471 e. The smallest absolute Gasteiger partial charge is 0.104 e. The summed E-state index contributed by atoms with van der Waals surface area (Å²) in [4.78, 5) is 1.18. The van der Waals surface area contributed by atoms with Crippen molar-refractivity contribution >= 4 is 11.8 Å². The molecule has 1 nitrogen and oxygen atoms in total. The maximum atomic E-state index is 4.98. The average Bonchev–Trinajstić information content (AvgIpc) is 2.69. The zero-order chi connectivity index (χ0) is 8.93. The highest BCUT2D eigenvalue weighted by Gasteiger charge is 1.95. The van der Waals surface area contributed by atoms with Gasteiger partial charge in [0.1, 0.15) is 6.26 Å². The van der Waals surface area contributed by atoms with E-state index in [-0.39, 0.29) is 0 Å². The summed E-state index contributed by atoms with van der Waals surface area (Å²) >= 11 is 1.79. The molecule has 66 valence electrons. The van der Waals surface area contributed by atoms with Crippen LogP contribution in [0.3, 0.4) is 0 Å². The van der Waals surface area contributed by atoms with Crippen molar-refractivity contribution in [2.75, 3.05) is 0 Å². The molecule has 1 aromatic heterocycles. The molecule has 0 aliphatic carbocycles. The zero-order valence-electron chi connectivity index (χ0n) is 7.14. The van der Waals surface area contributed by atoms with Gasteiger partial charge in [-0.2, -0.15) is 0 Å². The Morgan fingerprint density at radius 2 is 1.92 bits per heavy atom. The van der Waals surface area contributed by atoms with Crippen molar-refractivity contribution < 1.29 is 4.42 Å². The third-order valence-corrected chi connectivity index (χ3v) is 2.79. The first-order valence-corrected chi connectivity index (χ1v) is 5.12. The topological polar surface area (TPSA) is 13.1 Å². The fraction of sp³-hybridized carbons (Fsp3) is 0.0909. The van der Waals surface area contributed by atoms with E-state index in [2.05, 4.69) is 24.3 Å². The van der Waals surface area contributed by atoms with Crippen molar-refractivity contribution in [2.24, 2.45) is 0 Å². The first kappa shape index (κ1) is 8.45. The van der Waals surface area contributed by atoms with Crippen LogP contribution in [0.5, 0.6) is 0 Å². The van der Waals surface area contributed by atoms with Crippen molar-refractivity contribution in [3.8, 4) is 0 Å². The molecule has 2 rings (SSSR count). The van der Waals surface area contributed by atoms with Crippen molar-refractivity contribution in [3.05, 3.63) is 54.5 Å². The zero-order valence-corrected chi connectivity index (χ0v) is 7.96. The lowest BCUT2D eigenvalue weighted by molar-refractivity contribution is 0.562. The lowest BCUT2D eigenvalue weighted by atomic mass is 10.2. The predicted octanol–water partition coefficient (Wildman–Crippen LogP) is 3.57. The summed E-state index contributed by atoms with van der Waals surface area (Å²) in [6, 6.07) is 12.4. The molecule has 1 heterocycles. The Labute approximate surface area is 81.8 Å². The maximum Gasteiger partial charge on any atom is 0.104 e. The molecule has 0 spiro atoms. The fourth-order valence-electron chi connectivity index (χ4n) is 1.08. The second kappa shape index (κ2) is 4.19. The SMILES string of the molecule is c1ccc(CSc2ccoc2)cc1. The molecule has 0 N–H and O–H groups in total. The normalized spacial score (nSPS) is 10.2. The van der Waals surface area contributed by atoms with Crippen molar-refractivity contribution in [3.63, 3.8) is 0 Å². The van der Waals surface area contributed by atoms with Gasteiger partial charge in [-0.05, 0) is 11.6 Å². The number of thioether (sulfide) groups is 1. The number of hydrogen-bond acceptors (Lipinski definition) is 2. The summed E-state index contributed by atoms with van der Waals surface area (Å²) in [5.41, 5.74) is 1.34. The molecule has 0 aliphatic heterocycles. The van der Waals surface area contributed by atoms with Crippen molar-refractivity contribution in [2.45, 2.75) is 10.6 Å². The van der Waals surface area contributed by atoms with Crippen LogP contribution >= 0.6 is 11.8 Å². The van der Waals surface area contributed by atoms with E-state index in [1.807, 2.05) is 12.1 Å². The lowest BCUT2D eigenvalue weighted by Gasteiger charge is -1.97. The van der Waals surface area contributed by atoms with Gasteiger partial charge in [0.05, 0.1) is 6.26 Å². The van der Waals surface area contributed by atoms with Crippen molar-refractivity contribution in [1.29, 1.82) is 0 Å². The molecule has 0 amide bonds. The van der Waals surface area contributed by atoms with E-state index in [1.54, 1.807) is 24.3 Å². The quantitative estimate of drug-likeness (QED) is 0.686. The van der Waals surface area contributed by atoms with Gasteiger partial charge in [-0.15, -0.1) is 11.8 Å². The summed E-state index contributed by atoms with van der Waals surface area (Å²) in [5, 5.41) is 0. The second-order valence-corrected chi connectivity index (χ2v) is 3.78. The van der Waals surface area contributed by atoms with Gasteiger partial charge in [0, 0.05) is 10.6 Å². The van der Waals surface area contributed by atoms with Crippen LogP contribution in [-0.2, 0) is 5.75 Å². The molecule has 2 heteroatoms. The Morgan fingerprint density at radius 3 is 2.62 bits per heavy atom. The van der Waals surface area contributed by atoms with Crippen LogP contribution in [0.2, 0.25) is 0 Å². The summed E-state index contributed by atoms with van der Waals surface area (Å²) < 4.78 is 4.98. The fourth-order valence-corrected chi connectivity index (χ4v) is 1.88. The van der Waals surface area contributed by atoms with E-state index >= 15 is 0 Å². The Bertz CT molecular complexity index is 340. The minimum atomic E-state index is 1.00. The molecule has 0 aliphatic rings. The van der Waals surface area contributed by atoms with E-state index in [0.717, 1.165) is 5.75 Å². The molecule has 0 radical (unpaired) electrons. The van der Waals surface area contributed by atoms with Gasteiger partial charge in [0.25, 0.3) is 0 Å². The van der Waals surface area contributed by atoms with Crippen molar-refractivity contribution in [1.82, 2.24) is 0 Å². The van der Waals surface area contributed by atoms with Crippen LogP contribution in [0, 0.1) is 0 Å². The Morgan fingerprint density at radius 1 is 1.08 bits per heavy atom. The molecule has 0 bridgehead atoms. The Kier molecular flexibility index (Phi) is 2.72. The molecule has 0 saturated heterocycles. The standard InChI is InChI=1S/C11H10OS/c1-2-4-10(5-3-1)9-13-11-6-7-12-8-11/h1-8H,9H2. The third-order valence-electron chi connectivity index (χ3n) is 1.74. The molecular formula is C11H10OS. The Hall–Kier alpha value is -1.15. The van der Waals surface area contributed by atoms with Gasteiger partial charge in [-0.3, -0.25) is 0 Å². The number of benzene rings is 1. The summed E-state index contributed by atoms with van der Waals surface area (Å²) in [7, 11) is 0. The average molecular weight is 190 g/mol. The van der Waals surface area contributed by atoms with Gasteiger partial charge in [0.15, 0.2) is 0 Å². The predicted molar refractivity (Wildman–Crippen MR) is 54.7 cm³/mol. The number of rotatable bonds is 3. The highest BCUT2D eigenvalue weighted by atomic mass is 32.2. The summed E-state index contributed by atoms with van der Waals surface area (Å²) in [6.07, 6.45) is 3.47. The van der Waals surface area contributed by atoms with E-state index in [0.29, 0.717) is 0 Å². The second-order valence-electron chi connectivity index (χ2n) is 2.73. The van der Waals surface area contributed by atoms with Crippen LogP contribution in [-0.4, -0.2) is 0 Å². The van der Waals surface area contributed by atoms with Gasteiger partial charge in [0.2, 0.25) is 0 Å². The molecular weight excluding hydrogens is 180 g/mol. The van der Waals surface area contributed by atoms with E-state index in [1.165, 1.54) is 10.5 Å². The molecule has 2 aromatic rings. The van der Waals surface area contributed by atoms with E-state index in [4.69, 9.17) is 4.42 Å². The van der Waals surface area contributed by atoms with Gasteiger partial charge >= 0.3 is 0 Å². The third kappa shape index (κ3) is 2.39. The van der Waals surface area contributed by atoms with Crippen LogP contribution in [0.4, 0.5) is 0 Å². The summed E-state index contributed by atoms with van der Waals surface area (Å²) in [6.45, 7) is 0. The number of hydrogen-bond donors (Lipinski definition) is 0. The van der Waals surface area contributed by atoms with Gasteiger partial charge in [-0.25, -0.2) is 0 Å².